The summed E-state index contributed by atoms with van der Waals surface area (Å²) in [6, 6.07) is 13.1. The molecule has 2 aromatic rings. The van der Waals surface area contributed by atoms with Crippen LogP contribution in [0.3, 0.4) is 0 Å². The number of amides is 2. The molecule has 26 heavy (non-hydrogen) atoms. The lowest BCUT2D eigenvalue weighted by Crippen LogP contribution is -2.48. The van der Waals surface area contributed by atoms with Crippen molar-refractivity contribution in [3.8, 4) is 0 Å². The molecule has 2 amide bonds. The van der Waals surface area contributed by atoms with Gasteiger partial charge in [0.1, 0.15) is 11.9 Å². The molecular weight excluding hydrogens is 399 g/mol. The van der Waals surface area contributed by atoms with Crippen LogP contribution in [0.2, 0.25) is 0 Å². The van der Waals surface area contributed by atoms with Crippen LogP contribution in [0.5, 0.6) is 0 Å². The van der Waals surface area contributed by atoms with Gasteiger partial charge in [-0.3, -0.25) is 9.59 Å². The minimum atomic E-state index is -0.659. The predicted molar refractivity (Wildman–Crippen MR) is 103 cm³/mol. The zero-order valence-corrected chi connectivity index (χ0v) is 16.4. The van der Waals surface area contributed by atoms with E-state index in [-0.39, 0.29) is 24.8 Å². The van der Waals surface area contributed by atoms with E-state index in [1.807, 2.05) is 31.2 Å². The standard InChI is InChI=1S/C20H22BrFN2O2/c1-3-23-20(26)14(2)24(13-15-7-6-9-17(21)11-15)19(25)12-16-8-4-5-10-18(16)22/h4-11,14H,3,12-13H2,1-2H3,(H,23,26). The molecule has 0 saturated carbocycles. The molecule has 0 aliphatic rings. The van der Waals surface area contributed by atoms with E-state index in [0.717, 1.165) is 10.0 Å². The summed E-state index contributed by atoms with van der Waals surface area (Å²) in [4.78, 5) is 26.6. The molecule has 0 heterocycles. The number of halogens is 2. The molecule has 0 saturated heterocycles. The average Bonchev–Trinajstić information content (AvgIpc) is 2.61. The smallest absolute Gasteiger partial charge is 0.242 e. The first-order valence-electron chi connectivity index (χ1n) is 8.47. The minimum absolute atomic E-state index is 0.0928. The number of hydrogen-bond acceptors (Lipinski definition) is 2. The summed E-state index contributed by atoms with van der Waals surface area (Å²) in [6.45, 7) is 4.26. The van der Waals surface area contributed by atoms with Gasteiger partial charge in [-0.25, -0.2) is 4.39 Å². The van der Waals surface area contributed by atoms with Gasteiger partial charge in [-0.2, -0.15) is 0 Å². The second-order valence-electron chi connectivity index (χ2n) is 5.99. The van der Waals surface area contributed by atoms with E-state index in [1.54, 1.807) is 25.1 Å². The molecule has 6 heteroatoms. The zero-order chi connectivity index (χ0) is 19.1. The SMILES string of the molecule is CCNC(=O)C(C)N(Cc1cccc(Br)c1)C(=O)Cc1ccccc1F. The van der Waals surface area contributed by atoms with Crippen LogP contribution in [0.15, 0.2) is 53.0 Å². The Morgan fingerprint density at radius 3 is 2.58 bits per heavy atom. The van der Waals surface area contributed by atoms with Gasteiger partial charge in [0.05, 0.1) is 6.42 Å². The Labute approximate surface area is 161 Å². The molecule has 0 aliphatic heterocycles. The first kappa shape index (κ1) is 20.1. The first-order chi connectivity index (χ1) is 12.4. The van der Waals surface area contributed by atoms with Gasteiger partial charge < -0.3 is 10.2 Å². The maximum Gasteiger partial charge on any atom is 0.242 e. The highest BCUT2D eigenvalue weighted by Gasteiger charge is 2.26. The summed E-state index contributed by atoms with van der Waals surface area (Å²) >= 11 is 3.41. The Bertz CT molecular complexity index is 782. The first-order valence-corrected chi connectivity index (χ1v) is 9.26. The Morgan fingerprint density at radius 2 is 1.92 bits per heavy atom. The summed E-state index contributed by atoms with van der Waals surface area (Å²) in [5.41, 5.74) is 1.21. The molecule has 1 atom stereocenters. The zero-order valence-electron chi connectivity index (χ0n) is 14.8. The monoisotopic (exact) mass is 420 g/mol. The van der Waals surface area contributed by atoms with Crippen molar-refractivity contribution in [1.29, 1.82) is 0 Å². The van der Waals surface area contributed by atoms with Crippen molar-refractivity contribution in [3.63, 3.8) is 0 Å². The van der Waals surface area contributed by atoms with Crippen molar-refractivity contribution in [2.24, 2.45) is 0 Å². The highest BCUT2D eigenvalue weighted by Crippen LogP contribution is 2.17. The Morgan fingerprint density at radius 1 is 1.19 bits per heavy atom. The normalized spacial score (nSPS) is 11.7. The molecule has 1 unspecified atom stereocenters. The molecule has 4 nitrogen and oxygen atoms in total. The summed E-state index contributed by atoms with van der Waals surface area (Å²) in [6.07, 6.45) is -0.0928. The topological polar surface area (TPSA) is 49.4 Å². The van der Waals surface area contributed by atoms with Gasteiger partial charge in [0, 0.05) is 17.6 Å². The lowest BCUT2D eigenvalue weighted by atomic mass is 10.1. The Kier molecular flexibility index (Phi) is 7.33. The molecule has 0 radical (unpaired) electrons. The van der Waals surface area contributed by atoms with Crippen LogP contribution < -0.4 is 5.32 Å². The highest BCUT2D eigenvalue weighted by atomic mass is 79.9. The maximum absolute atomic E-state index is 13.9. The van der Waals surface area contributed by atoms with Crippen molar-refractivity contribution in [3.05, 3.63) is 69.9 Å². The fourth-order valence-electron chi connectivity index (χ4n) is 2.64. The van der Waals surface area contributed by atoms with Crippen LogP contribution in [-0.2, 0) is 22.6 Å². The van der Waals surface area contributed by atoms with Crippen LogP contribution >= 0.6 is 15.9 Å². The summed E-state index contributed by atoms with van der Waals surface area (Å²) in [5.74, 6) is -0.952. The fourth-order valence-corrected chi connectivity index (χ4v) is 3.09. The highest BCUT2D eigenvalue weighted by molar-refractivity contribution is 9.10. The number of hydrogen-bond donors (Lipinski definition) is 1. The number of carbonyl (C=O) groups is 2. The van der Waals surface area contributed by atoms with Gasteiger partial charge >= 0.3 is 0 Å². The van der Waals surface area contributed by atoms with E-state index in [1.165, 1.54) is 11.0 Å². The van der Waals surface area contributed by atoms with Gasteiger partial charge in [-0.15, -0.1) is 0 Å². The summed E-state index contributed by atoms with van der Waals surface area (Å²) < 4.78 is 14.8. The van der Waals surface area contributed by atoms with Gasteiger partial charge in [-0.05, 0) is 43.2 Å². The number of benzene rings is 2. The molecule has 2 rings (SSSR count). The van der Waals surface area contributed by atoms with E-state index in [0.29, 0.717) is 12.1 Å². The average molecular weight is 421 g/mol. The number of nitrogens with one attached hydrogen (secondary N) is 1. The second kappa shape index (κ2) is 9.48. The predicted octanol–water partition coefficient (Wildman–Crippen LogP) is 3.68. The summed E-state index contributed by atoms with van der Waals surface area (Å²) in [5, 5.41) is 2.74. The lowest BCUT2D eigenvalue weighted by molar-refractivity contribution is -0.140. The van der Waals surface area contributed by atoms with Crippen molar-refractivity contribution < 1.29 is 14.0 Å². The van der Waals surface area contributed by atoms with E-state index >= 15 is 0 Å². The maximum atomic E-state index is 13.9. The molecule has 0 bridgehead atoms. The van der Waals surface area contributed by atoms with E-state index in [4.69, 9.17) is 0 Å². The van der Waals surface area contributed by atoms with Gasteiger partial charge in [0.25, 0.3) is 0 Å². The molecule has 0 fully saturated rings. The molecule has 2 aromatic carbocycles. The van der Waals surface area contributed by atoms with E-state index < -0.39 is 11.9 Å². The molecule has 1 N–H and O–H groups in total. The third-order valence-corrected chi connectivity index (χ3v) is 4.55. The van der Waals surface area contributed by atoms with Crippen molar-refractivity contribution in [2.75, 3.05) is 6.54 Å². The Balaban J connectivity index is 2.25. The van der Waals surface area contributed by atoms with E-state index in [9.17, 15) is 14.0 Å². The number of rotatable bonds is 7. The number of likely N-dealkylation sites (N-methyl/N-ethyl adjacent to an activating group) is 1. The van der Waals surface area contributed by atoms with Crippen molar-refractivity contribution >= 4 is 27.7 Å². The third-order valence-electron chi connectivity index (χ3n) is 4.06. The molecule has 138 valence electrons. The number of nitrogens with zero attached hydrogens (tertiary/aromatic N) is 1. The second-order valence-corrected chi connectivity index (χ2v) is 6.91. The van der Waals surface area contributed by atoms with Gasteiger partial charge in [0.2, 0.25) is 11.8 Å². The fraction of sp³-hybridized carbons (Fsp3) is 0.300. The van der Waals surface area contributed by atoms with Crippen molar-refractivity contribution in [1.82, 2.24) is 10.2 Å². The summed E-state index contributed by atoms with van der Waals surface area (Å²) in [7, 11) is 0. The molecule has 0 aromatic heterocycles. The van der Waals surface area contributed by atoms with Crippen LogP contribution in [0.1, 0.15) is 25.0 Å². The third kappa shape index (κ3) is 5.39. The van der Waals surface area contributed by atoms with Crippen molar-refractivity contribution in [2.45, 2.75) is 32.9 Å². The van der Waals surface area contributed by atoms with Crippen LogP contribution in [0.4, 0.5) is 4.39 Å². The minimum Gasteiger partial charge on any atom is -0.355 e. The van der Waals surface area contributed by atoms with Gasteiger partial charge in [0.15, 0.2) is 0 Å². The van der Waals surface area contributed by atoms with E-state index in [2.05, 4.69) is 21.2 Å². The van der Waals surface area contributed by atoms with Crippen LogP contribution in [-0.4, -0.2) is 29.3 Å². The largest absolute Gasteiger partial charge is 0.355 e. The van der Waals surface area contributed by atoms with Crippen LogP contribution in [0, 0.1) is 5.82 Å². The van der Waals surface area contributed by atoms with Gasteiger partial charge in [-0.1, -0.05) is 46.3 Å². The molecular formula is C20H22BrFN2O2. The Hall–Kier alpha value is -2.21. The lowest BCUT2D eigenvalue weighted by Gasteiger charge is -2.29. The number of carbonyl (C=O) groups excluding carboxylic acids is 2. The molecule has 0 aliphatic carbocycles. The van der Waals surface area contributed by atoms with Crippen LogP contribution in [0.25, 0.3) is 0 Å². The molecule has 0 spiro atoms. The quantitative estimate of drug-likeness (QED) is 0.742.